The zero-order valence-corrected chi connectivity index (χ0v) is 11.5. The number of rotatable bonds is 5. The van der Waals surface area contributed by atoms with Crippen LogP contribution in [0.5, 0.6) is 5.75 Å². The van der Waals surface area contributed by atoms with Crippen molar-refractivity contribution in [3.05, 3.63) is 27.7 Å². The van der Waals surface area contributed by atoms with Gasteiger partial charge < -0.3 is 4.74 Å². The second-order valence-electron chi connectivity index (χ2n) is 4.32. The molecule has 5 heteroatoms. The van der Waals surface area contributed by atoms with Crippen molar-refractivity contribution in [2.45, 2.75) is 12.8 Å². The third-order valence-corrected chi connectivity index (χ3v) is 3.52. The molecular weight excluding hydrogens is 273 g/mol. The van der Waals surface area contributed by atoms with Crippen LogP contribution in [0.15, 0.2) is 12.1 Å². The summed E-state index contributed by atoms with van der Waals surface area (Å²) in [7, 11) is 0. The van der Waals surface area contributed by atoms with E-state index < -0.39 is 0 Å². The van der Waals surface area contributed by atoms with Gasteiger partial charge in [0, 0.05) is 11.6 Å². The second-order valence-corrected chi connectivity index (χ2v) is 5.16. The summed E-state index contributed by atoms with van der Waals surface area (Å²) in [6.45, 7) is 3.63. The number of carbonyl (C=O) groups is 1. The van der Waals surface area contributed by atoms with E-state index >= 15 is 0 Å². The van der Waals surface area contributed by atoms with Crippen LogP contribution in [0.25, 0.3) is 0 Å². The molecule has 0 N–H and O–H groups in total. The van der Waals surface area contributed by atoms with Crippen molar-refractivity contribution < 1.29 is 9.53 Å². The predicted octanol–water partition coefficient (Wildman–Crippen LogP) is 3.28. The van der Waals surface area contributed by atoms with Gasteiger partial charge in [0.2, 0.25) is 0 Å². The fourth-order valence-electron chi connectivity index (χ4n) is 2.10. The van der Waals surface area contributed by atoms with Gasteiger partial charge in [-0.1, -0.05) is 23.2 Å². The SMILES string of the molecule is O=Cc1cc(Cl)cc(Cl)c1OCCN1CCCC1. The van der Waals surface area contributed by atoms with Gasteiger partial charge in [0.25, 0.3) is 0 Å². The maximum Gasteiger partial charge on any atom is 0.153 e. The molecule has 98 valence electrons. The molecule has 18 heavy (non-hydrogen) atoms. The summed E-state index contributed by atoms with van der Waals surface area (Å²) >= 11 is 11.9. The molecule has 1 fully saturated rings. The molecule has 0 unspecified atom stereocenters. The summed E-state index contributed by atoms with van der Waals surface area (Å²) < 4.78 is 5.61. The molecule has 0 radical (unpaired) electrons. The third-order valence-electron chi connectivity index (χ3n) is 3.02. The molecule has 0 aromatic heterocycles. The number of hydrogen-bond donors (Lipinski definition) is 0. The van der Waals surface area contributed by atoms with E-state index in [1.807, 2.05) is 0 Å². The summed E-state index contributed by atoms with van der Waals surface area (Å²) in [6.07, 6.45) is 3.21. The predicted molar refractivity (Wildman–Crippen MR) is 73.0 cm³/mol. The average Bonchev–Trinajstić information content (AvgIpc) is 2.84. The van der Waals surface area contributed by atoms with Crippen molar-refractivity contribution in [2.24, 2.45) is 0 Å². The van der Waals surface area contributed by atoms with Crippen LogP contribution in [-0.2, 0) is 0 Å². The maximum atomic E-state index is 10.9. The fraction of sp³-hybridized carbons (Fsp3) is 0.462. The molecule has 0 bridgehead atoms. The molecule has 2 rings (SSSR count). The normalized spacial score (nSPS) is 15.9. The summed E-state index contributed by atoms with van der Waals surface area (Å²) in [4.78, 5) is 13.3. The molecular formula is C13H15Cl2NO2. The van der Waals surface area contributed by atoms with E-state index in [1.165, 1.54) is 12.8 Å². The van der Waals surface area contributed by atoms with Crippen molar-refractivity contribution in [3.63, 3.8) is 0 Å². The van der Waals surface area contributed by atoms with Gasteiger partial charge >= 0.3 is 0 Å². The molecule has 1 heterocycles. The van der Waals surface area contributed by atoms with Crippen LogP contribution in [0.4, 0.5) is 0 Å². The van der Waals surface area contributed by atoms with Gasteiger partial charge in [-0.2, -0.15) is 0 Å². The van der Waals surface area contributed by atoms with Crippen molar-refractivity contribution in [1.29, 1.82) is 0 Å². The first-order chi connectivity index (χ1) is 8.70. The Morgan fingerprint density at radius 3 is 2.67 bits per heavy atom. The van der Waals surface area contributed by atoms with Crippen LogP contribution in [-0.4, -0.2) is 37.4 Å². The van der Waals surface area contributed by atoms with E-state index in [1.54, 1.807) is 12.1 Å². The molecule has 1 aromatic carbocycles. The Balaban J connectivity index is 1.97. The van der Waals surface area contributed by atoms with Gasteiger partial charge in [-0.05, 0) is 38.1 Å². The fourth-order valence-corrected chi connectivity index (χ4v) is 2.67. The monoisotopic (exact) mass is 287 g/mol. The first kappa shape index (κ1) is 13.7. The van der Waals surface area contributed by atoms with Gasteiger partial charge in [0.1, 0.15) is 12.4 Å². The van der Waals surface area contributed by atoms with Crippen molar-refractivity contribution in [2.75, 3.05) is 26.2 Å². The Kier molecular flexibility index (Phi) is 4.87. The quantitative estimate of drug-likeness (QED) is 0.779. The smallest absolute Gasteiger partial charge is 0.153 e. The first-order valence-corrected chi connectivity index (χ1v) is 6.75. The molecule has 1 aliphatic heterocycles. The highest BCUT2D eigenvalue weighted by atomic mass is 35.5. The highest BCUT2D eigenvalue weighted by molar-refractivity contribution is 6.36. The Hall–Kier alpha value is -0.770. The molecule has 0 aliphatic carbocycles. The van der Waals surface area contributed by atoms with Crippen LogP contribution in [0.2, 0.25) is 10.0 Å². The van der Waals surface area contributed by atoms with Crippen LogP contribution in [0, 0.1) is 0 Å². The van der Waals surface area contributed by atoms with Crippen LogP contribution in [0.1, 0.15) is 23.2 Å². The molecule has 0 atom stereocenters. The minimum Gasteiger partial charge on any atom is -0.490 e. The summed E-state index contributed by atoms with van der Waals surface area (Å²) in [5.41, 5.74) is 0.397. The number of hydrogen-bond acceptors (Lipinski definition) is 3. The number of likely N-dealkylation sites (tertiary alicyclic amines) is 1. The summed E-state index contributed by atoms with van der Waals surface area (Å²) in [6, 6.07) is 3.15. The van der Waals surface area contributed by atoms with E-state index in [-0.39, 0.29) is 0 Å². The molecule has 1 aromatic rings. The Morgan fingerprint density at radius 1 is 1.28 bits per heavy atom. The van der Waals surface area contributed by atoms with Gasteiger partial charge in [-0.3, -0.25) is 9.69 Å². The van der Waals surface area contributed by atoms with Crippen LogP contribution >= 0.6 is 23.2 Å². The van der Waals surface area contributed by atoms with Gasteiger partial charge in [-0.15, -0.1) is 0 Å². The van der Waals surface area contributed by atoms with E-state index in [9.17, 15) is 4.79 Å². The topological polar surface area (TPSA) is 29.5 Å². The molecule has 1 saturated heterocycles. The van der Waals surface area contributed by atoms with Crippen molar-refractivity contribution in [3.8, 4) is 5.75 Å². The van der Waals surface area contributed by atoms with Crippen LogP contribution < -0.4 is 4.74 Å². The number of ether oxygens (including phenoxy) is 1. The lowest BCUT2D eigenvalue weighted by Gasteiger charge is -2.16. The molecule has 3 nitrogen and oxygen atoms in total. The lowest BCUT2D eigenvalue weighted by atomic mass is 10.2. The van der Waals surface area contributed by atoms with E-state index in [2.05, 4.69) is 4.90 Å². The molecule has 0 spiro atoms. The summed E-state index contributed by atoms with van der Waals surface area (Å²) in [5.74, 6) is 0.426. The van der Waals surface area contributed by atoms with Gasteiger partial charge in [-0.25, -0.2) is 0 Å². The minimum absolute atomic E-state index is 0.381. The highest BCUT2D eigenvalue weighted by Gasteiger charge is 2.13. The second kappa shape index (κ2) is 6.41. The van der Waals surface area contributed by atoms with Gasteiger partial charge in [0.15, 0.2) is 6.29 Å². The number of halogens is 2. The van der Waals surface area contributed by atoms with Crippen molar-refractivity contribution in [1.82, 2.24) is 4.90 Å². The Labute approximate surface area is 117 Å². The highest BCUT2D eigenvalue weighted by Crippen LogP contribution is 2.31. The van der Waals surface area contributed by atoms with E-state index in [0.717, 1.165) is 19.6 Å². The number of carbonyl (C=O) groups excluding carboxylic acids is 1. The van der Waals surface area contributed by atoms with Crippen LogP contribution in [0.3, 0.4) is 0 Å². The zero-order valence-electron chi connectivity index (χ0n) is 9.99. The largest absolute Gasteiger partial charge is 0.490 e. The summed E-state index contributed by atoms with van der Waals surface area (Å²) in [5, 5.41) is 0.819. The molecule has 0 amide bonds. The Bertz CT molecular complexity index is 431. The lowest BCUT2D eigenvalue weighted by Crippen LogP contribution is -2.25. The Morgan fingerprint density at radius 2 is 2.00 bits per heavy atom. The number of aldehydes is 1. The third kappa shape index (κ3) is 3.37. The van der Waals surface area contributed by atoms with Gasteiger partial charge in [0.05, 0.1) is 10.6 Å². The number of nitrogens with zero attached hydrogens (tertiary/aromatic N) is 1. The molecule has 0 saturated carbocycles. The standard InChI is InChI=1S/C13H15Cl2NO2/c14-11-7-10(9-17)13(12(15)8-11)18-6-5-16-3-1-2-4-16/h7-9H,1-6H2. The minimum atomic E-state index is 0.381. The van der Waals surface area contributed by atoms with Crippen molar-refractivity contribution >= 4 is 29.5 Å². The average molecular weight is 288 g/mol. The van der Waals surface area contributed by atoms with E-state index in [4.69, 9.17) is 27.9 Å². The maximum absolute atomic E-state index is 10.9. The number of benzene rings is 1. The molecule has 1 aliphatic rings. The lowest BCUT2D eigenvalue weighted by molar-refractivity contribution is 0.111. The zero-order chi connectivity index (χ0) is 13.0. The van der Waals surface area contributed by atoms with E-state index in [0.29, 0.717) is 34.3 Å². The first-order valence-electron chi connectivity index (χ1n) is 6.00.